The monoisotopic (exact) mass is 271 g/mol. The van der Waals surface area contributed by atoms with Crippen LogP contribution in [0, 0.1) is 0 Å². The van der Waals surface area contributed by atoms with Crippen molar-refractivity contribution >= 4 is 5.69 Å². The third-order valence-electron chi connectivity index (χ3n) is 3.89. The summed E-state index contributed by atoms with van der Waals surface area (Å²) < 4.78 is 5.46. The average molecular weight is 271 g/mol. The Bertz CT molecular complexity index is 529. The van der Waals surface area contributed by atoms with Gasteiger partial charge in [0, 0.05) is 11.7 Å². The first-order chi connectivity index (χ1) is 9.78. The van der Waals surface area contributed by atoms with Crippen LogP contribution >= 0.6 is 0 Å². The maximum atomic E-state index is 9.86. The molecule has 106 valence electrons. The number of furan rings is 1. The first kappa shape index (κ1) is 13.3. The van der Waals surface area contributed by atoms with Crippen molar-refractivity contribution in [2.45, 2.75) is 44.9 Å². The Labute approximate surface area is 119 Å². The Morgan fingerprint density at radius 1 is 1.25 bits per heavy atom. The molecule has 1 atom stereocenters. The van der Waals surface area contributed by atoms with Crippen LogP contribution in [0.25, 0.3) is 0 Å². The summed E-state index contributed by atoms with van der Waals surface area (Å²) in [6.07, 6.45) is 4.61. The smallest absolute Gasteiger partial charge is 0.123 e. The molecular formula is C17H21NO2. The number of aliphatic hydroxyl groups excluding tert-OH is 1. The minimum absolute atomic E-state index is 0.358. The molecule has 0 saturated heterocycles. The second-order valence-electron chi connectivity index (χ2n) is 5.45. The number of benzene rings is 1. The first-order valence-corrected chi connectivity index (χ1v) is 7.35. The highest BCUT2D eigenvalue weighted by molar-refractivity contribution is 5.50. The molecular weight excluding hydrogens is 250 g/mol. The Kier molecular flexibility index (Phi) is 3.79. The summed E-state index contributed by atoms with van der Waals surface area (Å²) >= 11 is 0. The van der Waals surface area contributed by atoms with E-state index in [9.17, 15) is 5.11 Å². The van der Waals surface area contributed by atoms with Crippen LogP contribution in [0.4, 0.5) is 5.69 Å². The van der Waals surface area contributed by atoms with Crippen molar-refractivity contribution in [2.24, 2.45) is 0 Å². The molecule has 0 amide bonds. The third kappa shape index (κ3) is 2.88. The quantitative estimate of drug-likeness (QED) is 0.866. The van der Waals surface area contributed by atoms with Gasteiger partial charge in [0.2, 0.25) is 0 Å². The normalized spacial score (nSPS) is 16.1. The van der Waals surface area contributed by atoms with Gasteiger partial charge in [-0.1, -0.05) is 19.1 Å². The van der Waals surface area contributed by atoms with E-state index in [4.69, 9.17) is 4.42 Å². The highest BCUT2D eigenvalue weighted by Crippen LogP contribution is 2.33. The van der Waals surface area contributed by atoms with Gasteiger partial charge in [-0.2, -0.15) is 0 Å². The molecule has 1 heterocycles. The molecule has 0 spiro atoms. The zero-order chi connectivity index (χ0) is 13.9. The predicted molar refractivity (Wildman–Crippen MR) is 79.6 cm³/mol. The largest absolute Gasteiger partial charge is 0.467 e. The van der Waals surface area contributed by atoms with E-state index < -0.39 is 0 Å². The average Bonchev–Trinajstić information content (AvgIpc) is 3.21. The molecule has 2 aromatic rings. The van der Waals surface area contributed by atoms with Crippen LogP contribution in [0.15, 0.2) is 47.1 Å². The van der Waals surface area contributed by atoms with Crippen LogP contribution in [-0.2, 0) is 6.54 Å². The molecule has 1 aliphatic rings. The van der Waals surface area contributed by atoms with E-state index in [1.807, 2.05) is 31.2 Å². The lowest BCUT2D eigenvalue weighted by atomic mass is 10.1. The van der Waals surface area contributed by atoms with Crippen molar-refractivity contribution in [1.82, 2.24) is 0 Å². The molecule has 1 saturated carbocycles. The molecule has 3 rings (SSSR count). The number of hydrogen-bond donors (Lipinski definition) is 1. The van der Waals surface area contributed by atoms with Gasteiger partial charge in [-0.25, -0.2) is 0 Å². The van der Waals surface area contributed by atoms with Crippen molar-refractivity contribution < 1.29 is 9.52 Å². The molecule has 20 heavy (non-hydrogen) atoms. The van der Waals surface area contributed by atoms with E-state index in [0.29, 0.717) is 6.04 Å². The standard InChI is InChI=1S/C17H21NO2/c1-2-17(19)13-5-7-14(8-6-13)18(15-9-10-15)12-16-4-3-11-20-16/h3-8,11,15,17,19H,2,9-10,12H2,1H3. The van der Waals surface area contributed by atoms with Crippen LogP contribution in [0.3, 0.4) is 0 Å². The Morgan fingerprint density at radius 3 is 2.55 bits per heavy atom. The third-order valence-corrected chi connectivity index (χ3v) is 3.89. The fraction of sp³-hybridized carbons (Fsp3) is 0.412. The van der Waals surface area contributed by atoms with E-state index in [1.54, 1.807) is 6.26 Å². The van der Waals surface area contributed by atoms with Crippen LogP contribution in [0.1, 0.15) is 43.6 Å². The lowest BCUT2D eigenvalue weighted by molar-refractivity contribution is 0.173. The summed E-state index contributed by atoms with van der Waals surface area (Å²) in [5.41, 5.74) is 2.20. The molecule has 0 radical (unpaired) electrons. The van der Waals surface area contributed by atoms with Gasteiger partial charge in [-0.15, -0.1) is 0 Å². The Morgan fingerprint density at radius 2 is 2.00 bits per heavy atom. The SMILES string of the molecule is CCC(O)c1ccc(N(Cc2ccco2)C2CC2)cc1. The van der Waals surface area contributed by atoms with Gasteiger partial charge in [0.1, 0.15) is 5.76 Å². The predicted octanol–water partition coefficient (Wildman–Crippen LogP) is 3.89. The summed E-state index contributed by atoms with van der Waals surface area (Å²) in [5, 5.41) is 9.86. The van der Waals surface area contributed by atoms with Gasteiger partial charge < -0.3 is 14.4 Å². The Hall–Kier alpha value is -1.74. The number of aliphatic hydroxyl groups is 1. The number of hydrogen-bond acceptors (Lipinski definition) is 3. The molecule has 3 nitrogen and oxygen atoms in total. The van der Waals surface area contributed by atoms with Crippen LogP contribution in [-0.4, -0.2) is 11.1 Å². The fourth-order valence-corrected chi connectivity index (χ4v) is 2.51. The lowest BCUT2D eigenvalue weighted by Crippen LogP contribution is -2.24. The Balaban J connectivity index is 1.77. The van der Waals surface area contributed by atoms with Crippen molar-refractivity contribution in [2.75, 3.05) is 4.90 Å². The lowest BCUT2D eigenvalue weighted by Gasteiger charge is -2.24. The maximum Gasteiger partial charge on any atom is 0.123 e. The summed E-state index contributed by atoms with van der Waals surface area (Å²) in [6, 6.07) is 12.8. The van der Waals surface area contributed by atoms with Crippen molar-refractivity contribution in [3.63, 3.8) is 0 Å². The highest BCUT2D eigenvalue weighted by Gasteiger charge is 2.29. The van der Waals surface area contributed by atoms with Gasteiger partial charge in [0.05, 0.1) is 18.9 Å². The van der Waals surface area contributed by atoms with E-state index in [-0.39, 0.29) is 6.10 Å². The summed E-state index contributed by atoms with van der Waals surface area (Å²) in [7, 11) is 0. The zero-order valence-electron chi connectivity index (χ0n) is 11.8. The van der Waals surface area contributed by atoms with Crippen molar-refractivity contribution in [1.29, 1.82) is 0 Å². The first-order valence-electron chi connectivity index (χ1n) is 7.35. The van der Waals surface area contributed by atoms with Gasteiger partial charge in [0.25, 0.3) is 0 Å². The van der Waals surface area contributed by atoms with Crippen LogP contribution in [0.5, 0.6) is 0 Å². The fourth-order valence-electron chi connectivity index (χ4n) is 2.51. The van der Waals surface area contributed by atoms with Gasteiger partial charge in [-0.05, 0) is 49.1 Å². The summed E-state index contributed by atoms with van der Waals surface area (Å²) in [6.45, 7) is 2.80. The maximum absolute atomic E-state index is 9.86. The van der Waals surface area contributed by atoms with E-state index in [2.05, 4.69) is 17.0 Å². The number of anilines is 1. The van der Waals surface area contributed by atoms with E-state index in [0.717, 1.165) is 24.3 Å². The van der Waals surface area contributed by atoms with Crippen molar-refractivity contribution in [3.8, 4) is 0 Å². The van der Waals surface area contributed by atoms with Crippen molar-refractivity contribution in [3.05, 3.63) is 54.0 Å². The number of nitrogens with zero attached hydrogens (tertiary/aromatic N) is 1. The number of rotatable bonds is 6. The minimum atomic E-state index is -0.358. The highest BCUT2D eigenvalue weighted by atomic mass is 16.3. The van der Waals surface area contributed by atoms with Gasteiger partial charge in [0.15, 0.2) is 0 Å². The minimum Gasteiger partial charge on any atom is -0.467 e. The van der Waals surface area contributed by atoms with E-state index >= 15 is 0 Å². The topological polar surface area (TPSA) is 36.6 Å². The van der Waals surface area contributed by atoms with Gasteiger partial charge in [-0.3, -0.25) is 0 Å². The molecule has 1 N–H and O–H groups in total. The molecule has 1 unspecified atom stereocenters. The molecule has 1 aromatic heterocycles. The summed E-state index contributed by atoms with van der Waals surface area (Å²) in [5.74, 6) is 0.995. The molecule has 1 fully saturated rings. The molecule has 0 aliphatic heterocycles. The van der Waals surface area contributed by atoms with Gasteiger partial charge >= 0.3 is 0 Å². The molecule has 0 bridgehead atoms. The molecule has 1 aromatic carbocycles. The zero-order valence-corrected chi connectivity index (χ0v) is 11.8. The van der Waals surface area contributed by atoms with Crippen LogP contribution < -0.4 is 4.90 Å². The molecule has 1 aliphatic carbocycles. The summed E-state index contributed by atoms with van der Waals surface area (Å²) in [4.78, 5) is 2.39. The second-order valence-corrected chi connectivity index (χ2v) is 5.45. The van der Waals surface area contributed by atoms with Crippen LogP contribution in [0.2, 0.25) is 0 Å². The van der Waals surface area contributed by atoms with E-state index in [1.165, 1.54) is 18.5 Å². The second kappa shape index (κ2) is 5.71. The molecule has 3 heteroatoms.